The van der Waals surface area contributed by atoms with E-state index in [2.05, 4.69) is 20.6 Å². The minimum absolute atomic E-state index is 0.196. The van der Waals surface area contributed by atoms with Crippen LogP contribution < -0.4 is 15.4 Å². The maximum atomic E-state index is 12.5. The highest BCUT2D eigenvalue weighted by molar-refractivity contribution is 6.35. The van der Waals surface area contributed by atoms with E-state index in [4.69, 9.17) is 4.74 Å². The fourth-order valence-corrected chi connectivity index (χ4v) is 2.86. The van der Waals surface area contributed by atoms with E-state index in [0.717, 1.165) is 11.3 Å². The van der Waals surface area contributed by atoms with Crippen LogP contribution in [-0.2, 0) is 4.79 Å². The smallest absolute Gasteiger partial charge is 0.256 e. The summed E-state index contributed by atoms with van der Waals surface area (Å²) in [4.78, 5) is 31.6. The van der Waals surface area contributed by atoms with Gasteiger partial charge in [-0.25, -0.2) is 4.98 Å². The molecule has 0 unspecified atom stereocenters. The second-order valence-electron chi connectivity index (χ2n) is 5.96. The molecule has 0 aliphatic carbocycles. The molecule has 0 saturated heterocycles. The van der Waals surface area contributed by atoms with Crippen LogP contribution in [0, 0.1) is 0 Å². The molecular formula is C20H16N4O3. The Morgan fingerprint density at radius 1 is 1.19 bits per heavy atom. The van der Waals surface area contributed by atoms with Gasteiger partial charge >= 0.3 is 0 Å². The number of methoxy groups -OCH3 is 1. The Hall–Kier alpha value is -3.87. The number of imidazole rings is 1. The number of carbonyl (C=O) groups is 2. The van der Waals surface area contributed by atoms with Gasteiger partial charge in [0, 0.05) is 22.5 Å². The van der Waals surface area contributed by atoms with Crippen LogP contribution in [0.15, 0.2) is 55.0 Å². The van der Waals surface area contributed by atoms with Crippen molar-refractivity contribution in [1.82, 2.24) is 9.97 Å². The first kappa shape index (κ1) is 16.6. The maximum Gasteiger partial charge on any atom is 0.256 e. The molecule has 134 valence electrons. The highest BCUT2D eigenvalue weighted by Crippen LogP contribution is 2.35. The summed E-state index contributed by atoms with van der Waals surface area (Å²) in [6, 6.07) is 12.1. The van der Waals surface area contributed by atoms with Gasteiger partial charge in [-0.05, 0) is 48.5 Å². The molecule has 0 saturated carbocycles. The molecule has 1 aliphatic heterocycles. The van der Waals surface area contributed by atoms with Crippen LogP contribution in [0.2, 0.25) is 0 Å². The number of aromatic nitrogens is 2. The fourth-order valence-electron chi connectivity index (χ4n) is 2.86. The quantitative estimate of drug-likeness (QED) is 0.623. The van der Waals surface area contributed by atoms with Gasteiger partial charge in [-0.3, -0.25) is 9.59 Å². The number of aromatic amines is 1. The van der Waals surface area contributed by atoms with Gasteiger partial charge in [-0.2, -0.15) is 0 Å². The number of nitrogens with zero attached hydrogens (tertiary/aromatic N) is 1. The van der Waals surface area contributed by atoms with Crippen LogP contribution in [0.3, 0.4) is 0 Å². The maximum absolute atomic E-state index is 12.5. The molecule has 1 aliphatic rings. The van der Waals surface area contributed by atoms with E-state index >= 15 is 0 Å². The Kier molecular flexibility index (Phi) is 4.18. The van der Waals surface area contributed by atoms with Crippen LogP contribution in [0.4, 0.5) is 11.4 Å². The number of H-pyrrole nitrogens is 1. The first-order valence-corrected chi connectivity index (χ1v) is 8.25. The molecule has 1 aromatic heterocycles. The van der Waals surface area contributed by atoms with Crippen molar-refractivity contribution in [2.45, 2.75) is 0 Å². The van der Waals surface area contributed by atoms with Crippen molar-refractivity contribution in [3.05, 3.63) is 71.8 Å². The van der Waals surface area contributed by atoms with Crippen molar-refractivity contribution in [3.63, 3.8) is 0 Å². The molecule has 0 radical (unpaired) electrons. The van der Waals surface area contributed by atoms with Gasteiger partial charge in [0.05, 0.1) is 30.9 Å². The first-order valence-electron chi connectivity index (χ1n) is 8.25. The van der Waals surface area contributed by atoms with Crippen molar-refractivity contribution in [2.75, 3.05) is 17.7 Å². The van der Waals surface area contributed by atoms with E-state index in [9.17, 15) is 9.59 Å². The summed E-state index contributed by atoms with van der Waals surface area (Å²) in [6.45, 7) is 0. The van der Waals surface area contributed by atoms with Crippen molar-refractivity contribution >= 4 is 34.8 Å². The molecule has 0 atom stereocenters. The normalized spacial score (nSPS) is 14.0. The third-order valence-electron chi connectivity index (χ3n) is 4.23. The summed E-state index contributed by atoms with van der Waals surface area (Å²) in [7, 11) is 1.57. The molecule has 3 N–H and O–H groups in total. The molecule has 2 amide bonds. The summed E-state index contributed by atoms with van der Waals surface area (Å²) >= 11 is 0. The van der Waals surface area contributed by atoms with Gasteiger partial charge < -0.3 is 20.4 Å². The second kappa shape index (κ2) is 6.80. The number of hydrogen-bond donors (Lipinski definition) is 3. The van der Waals surface area contributed by atoms with Gasteiger partial charge in [0.25, 0.3) is 11.8 Å². The van der Waals surface area contributed by atoms with E-state index in [1.54, 1.807) is 68.2 Å². The predicted octanol–water partition coefficient (Wildman–Crippen LogP) is 3.16. The molecule has 3 aromatic rings. The molecule has 0 fully saturated rings. The lowest BCUT2D eigenvalue weighted by Crippen LogP contribution is -2.11. The Morgan fingerprint density at radius 3 is 2.70 bits per heavy atom. The monoisotopic (exact) mass is 360 g/mol. The van der Waals surface area contributed by atoms with E-state index in [0.29, 0.717) is 28.3 Å². The lowest BCUT2D eigenvalue weighted by Gasteiger charge is -2.08. The van der Waals surface area contributed by atoms with Crippen molar-refractivity contribution in [3.8, 4) is 5.75 Å². The van der Waals surface area contributed by atoms with E-state index in [-0.39, 0.29) is 11.8 Å². The van der Waals surface area contributed by atoms with Crippen LogP contribution in [0.25, 0.3) is 11.6 Å². The van der Waals surface area contributed by atoms with Crippen molar-refractivity contribution < 1.29 is 14.3 Å². The molecular weight excluding hydrogens is 344 g/mol. The van der Waals surface area contributed by atoms with Crippen LogP contribution in [0.1, 0.15) is 21.6 Å². The Labute approximate surface area is 155 Å². The van der Waals surface area contributed by atoms with Gasteiger partial charge in [-0.15, -0.1) is 0 Å². The molecule has 7 nitrogen and oxygen atoms in total. The zero-order chi connectivity index (χ0) is 18.8. The summed E-state index contributed by atoms with van der Waals surface area (Å²) in [6.07, 6.45) is 4.91. The average molecular weight is 360 g/mol. The lowest BCUT2D eigenvalue weighted by molar-refractivity contribution is -0.110. The van der Waals surface area contributed by atoms with E-state index in [1.807, 2.05) is 0 Å². The largest absolute Gasteiger partial charge is 0.497 e. The number of fused-ring (bicyclic) bond motifs is 1. The molecule has 0 spiro atoms. The van der Waals surface area contributed by atoms with Gasteiger partial charge in [0.2, 0.25) is 0 Å². The molecule has 0 bridgehead atoms. The standard InChI is InChI=1S/C20H16N4O3/c1-27-15-5-2-12(3-6-15)19(25)23-13-4-7-18-16(8-13)17(20(26)24-18)9-14-10-21-11-22-14/h2-11H,1H3,(H,21,22)(H,23,25)(H,24,26)/b17-9-. The zero-order valence-electron chi connectivity index (χ0n) is 14.4. The highest BCUT2D eigenvalue weighted by Gasteiger charge is 2.24. The molecule has 7 heteroatoms. The summed E-state index contributed by atoms with van der Waals surface area (Å²) in [5.74, 6) is 0.245. The Balaban J connectivity index is 1.60. The number of anilines is 2. The van der Waals surface area contributed by atoms with Gasteiger partial charge in [-0.1, -0.05) is 0 Å². The van der Waals surface area contributed by atoms with Crippen molar-refractivity contribution in [2.24, 2.45) is 0 Å². The number of amides is 2. The summed E-state index contributed by atoms with van der Waals surface area (Å²) in [5.41, 5.74) is 3.77. The topological polar surface area (TPSA) is 96.1 Å². The van der Waals surface area contributed by atoms with Crippen LogP contribution in [0.5, 0.6) is 5.75 Å². The SMILES string of the molecule is COc1ccc(C(=O)Nc2ccc3c(c2)/C(=C/c2cnc[nH]2)C(=O)N3)cc1. The van der Waals surface area contributed by atoms with Crippen LogP contribution in [-0.4, -0.2) is 28.9 Å². The third-order valence-corrected chi connectivity index (χ3v) is 4.23. The minimum atomic E-state index is -0.242. The Bertz CT molecular complexity index is 1040. The van der Waals surface area contributed by atoms with Gasteiger partial charge in [0.1, 0.15) is 5.75 Å². The number of rotatable bonds is 4. The fraction of sp³-hybridized carbons (Fsp3) is 0.0500. The third kappa shape index (κ3) is 3.30. The highest BCUT2D eigenvalue weighted by atomic mass is 16.5. The number of nitrogens with one attached hydrogen (secondary N) is 3. The summed E-state index contributed by atoms with van der Waals surface area (Å²) in [5, 5.41) is 5.67. The Morgan fingerprint density at radius 2 is 2.00 bits per heavy atom. The predicted molar refractivity (Wildman–Crippen MR) is 102 cm³/mol. The molecule has 4 rings (SSSR count). The molecule has 2 heterocycles. The molecule has 27 heavy (non-hydrogen) atoms. The summed E-state index contributed by atoms with van der Waals surface area (Å²) < 4.78 is 5.10. The molecule has 2 aromatic carbocycles. The minimum Gasteiger partial charge on any atom is -0.497 e. The number of hydrogen-bond acceptors (Lipinski definition) is 4. The van der Waals surface area contributed by atoms with E-state index in [1.165, 1.54) is 0 Å². The van der Waals surface area contributed by atoms with Gasteiger partial charge in [0.15, 0.2) is 0 Å². The average Bonchev–Trinajstić information content (AvgIpc) is 3.30. The lowest BCUT2D eigenvalue weighted by atomic mass is 10.1. The number of carbonyl (C=O) groups excluding carboxylic acids is 2. The zero-order valence-corrected chi connectivity index (χ0v) is 14.4. The second-order valence-corrected chi connectivity index (χ2v) is 5.96. The van der Waals surface area contributed by atoms with E-state index < -0.39 is 0 Å². The number of ether oxygens (including phenoxy) is 1. The number of benzene rings is 2. The van der Waals surface area contributed by atoms with Crippen LogP contribution >= 0.6 is 0 Å². The van der Waals surface area contributed by atoms with Crippen molar-refractivity contribution in [1.29, 1.82) is 0 Å². The first-order chi connectivity index (χ1) is 13.1.